The zero-order valence-corrected chi connectivity index (χ0v) is 35.6. The molecule has 0 radical (unpaired) electrons. The number of carbonyl (C=O) groups excluding carboxylic acids is 2. The molecule has 0 spiro atoms. The van der Waals surface area contributed by atoms with Gasteiger partial charge in [0.15, 0.2) is 5.78 Å². The molecule has 4 fully saturated rings. The fourth-order valence-corrected chi connectivity index (χ4v) is 13.6. The number of carboxylic acid groups (broad SMARTS) is 1. The van der Waals surface area contributed by atoms with Crippen LogP contribution in [0, 0.1) is 56.2 Å². The van der Waals surface area contributed by atoms with Gasteiger partial charge >= 0.3 is 11.9 Å². The smallest absolute Gasteiger partial charge is 0.309 e. The fraction of sp³-hybridized carbons (Fsp3) is 0.783. The van der Waals surface area contributed by atoms with Crippen molar-refractivity contribution in [1.82, 2.24) is 15.2 Å². The van der Waals surface area contributed by atoms with Gasteiger partial charge in [0, 0.05) is 49.6 Å². The van der Waals surface area contributed by atoms with E-state index in [0.29, 0.717) is 31.3 Å². The van der Waals surface area contributed by atoms with E-state index in [0.717, 1.165) is 75.7 Å². The van der Waals surface area contributed by atoms with Gasteiger partial charge in [0.1, 0.15) is 6.10 Å². The number of aliphatic carboxylic acids is 1. The zero-order chi connectivity index (χ0) is 40.4. The lowest BCUT2D eigenvalue weighted by molar-refractivity contribution is -0.235. The van der Waals surface area contributed by atoms with Gasteiger partial charge < -0.3 is 20.3 Å². The van der Waals surface area contributed by atoms with E-state index < -0.39 is 28.9 Å². The quantitative estimate of drug-likeness (QED) is 0.172. The first-order valence-electron chi connectivity index (χ1n) is 21.3. The first-order valence-corrected chi connectivity index (χ1v) is 21.3. The van der Waals surface area contributed by atoms with Crippen LogP contribution in [0.4, 0.5) is 0 Å². The van der Waals surface area contributed by atoms with E-state index >= 15 is 0 Å². The number of nitrogens with zero attached hydrogens (tertiary/aromatic N) is 2. The molecule has 9 atom stereocenters. The average Bonchev–Trinajstić information content (AvgIpc) is 3.42. The maximum atomic E-state index is 14.2. The van der Waals surface area contributed by atoms with Crippen molar-refractivity contribution in [2.75, 3.05) is 26.7 Å². The number of carboxylic acids is 1. The molecular formula is C46H71N3O6. The molecule has 5 aliphatic rings. The molecule has 9 heteroatoms. The summed E-state index contributed by atoms with van der Waals surface area (Å²) in [6.07, 6.45) is 8.98. The summed E-state index contributed by atoms with van der Waals surface area (Å²) >= 11 is 0. The van der Waals surface area contributed by atoms with Crippen molar-refractivity contribution < 1.29 is 29.3 Å². The highest BCUT2D eigenvalue weighted by Crippen LogP contribution is 2.77. The summed E-state index contributed by atoms with van der Waals surface area (Å²) in [5.74, 6) is 0.0207. The molecule has 0 aromatic carbocycles. The first-order chi connectivity index (χ1) is 25.7. The molecule has 3 N–H and O–H groups in total. The Morgan fingerprint density at radius 1 is 1.00 bits per heavy atom. The van der Waals surface area contributed by atoms with Gasteiger partial charge in [-0.05, 0) is 130 Å². The number of pyridine rings is 1. The molecule has 1 aromatic rings. The minimum atomic E-state index is -1.17. The van der Waals surface area contributed by atoms with Gasteiger partial charge in [-0.1, -0.05) is 60.1 Å². The molecule has 0 bridgehead atoms. The van der Waals surface area contributed by atoms with Gasteiger partial charge in [-0.25, -0.2) is 0 Å². The highest BCUT2D eigenvalue weighted by atomic mass is 16.5. The number of likely N-dealkylation sites (N-methyl/N-ethyl adjacent to an activating group) is 1. The van der Waals surface area contributed by atoms with E-state index in [1.165, 1.54) is 5.57 Å². The number of carbonyl (C=O) groups is 3. The summed E-state index contributed by atoms with van der Waals surface area (Å²) in [4.78, 5) is 46.1. The summed E-state index contributed by atoms with van der Waals surface area (Å²) in [5.41, 5.74) is 1.39. The minimum absolute atomic E-state index is 0.0249. The Morgan fingerprint density at radius 2 is 1.73 bits per heavy atom. The van der Waals surface area contributed by atoms with Crippen molar-refractivity contribution in [2.45, 2.75) is 145 Å². The third kappa shape index (κ3) is 6.94. The lowest BCUT2D eigenvalue weighted by Crippen LogP contribution is -2.66. The lowest BCUT2D eigenvalue weighted by Gasteiger charge is -2.72. The summed E-state index contributed by atoms with van der Waals surface area (Å²) in [6.45, 7) is 22.4. The topological polar surface area (TPSA) is 129 Å². The Morgan fingerprint density at radius 3 is 2.36 bits per heavy atom. The summed E-state index contributed by atoms with van der Waals surface area (Å²) in [7, 11) is 1.96. The third-order valence-corrected chi connectivity index (χ3v) is 16.7. The molecule has 0 amide bonds. The molecule has 306 valence electrons. The molecule has 6 rings (SSSR count). The van der Waals surface area contributed by atoms with Gasteiger partial charge in [0.2, 0.25) is 0 Å². The largest absolute Gasteiger partial charge is 0.481 e. The molecular weight excluding hydrogens is 691 g/mol. The van der Waals surface area contributed by atoms with Crippen LogP contribution in [0.15, 0.2) is 35.5 Å². The number of aliphatic hydroxyl groups excluding tert-OH is 1. The second-order valence-corrected chi connectivity index (χ2v) is 20.7. The number of rotatable bonds is 13. The highest BCUT2D eigenvalue weighted by molar-refractivity contribution is 6.00. The van der Waals surface area contributed by atoms with Crippen LogP contribution in [0.25, 0.3) is 0 Å². The van der Waals surface area contributed by atoms with Crippen molar-refractivity contribution >= 4 is 17.7 Å². The summed E-state index contributed by atoms with van der Waals surface area (Å²) in [6, 6.07) is 5.99. The lowest BCUT2D eigenvalue weighted by atomic mass is 9.33. The zero-order valence-electron chi connectivity index (χ0n) is 35.6. The van der Waals surface area contributed by atoms with Crippen molar-refractivity contribution in [3.8, 4) is 0 Å². The van der Waals surface area contributed by atoms with E-state index in [2.05, 4.69) is 63.7 Å². The van der Waals surface area contributed by atoms with E-state index in [4.69, 9.17) is 4.74 Å². The number of Topliss-reactive ketones (excluding diaryl/α,β-unsaturated/α-hetero) is 1. The second kappa shape index (κ2) is 15.0. The number of ether oxygens (including phenoxy) is 1. The molecule has 55 heavy (non-hydrogen) atoms. The number of ketones is 1. The standard InChI is InChI=1S/C46H71N3O6/c1-29(2)38-32(50)25-46(35(51)28-49(24-23-47-10)27-30-13-11-12-22-48-30)21-20-44(8)31(39(38)46)14-15-34-43(7)18-17-36(55-37(52)26-41(3,4)40(53)54)42(5,6)33(43)16-19-45(34,44)9/h11-13,22,29,31,33-36,47,51H,14-21,23-28H2,1-10H3,(H,53,54). The molecule has 9 unspecified atom stereocenters. The van der Waals surface area contributed by atoms with Crippen molar-refractivity contribution in [1.29, 1.82) is 0 Å². The minimum Gasteiger partial charge on any atom is -0.481 e. The second-order valence-electron chi connectivity index (χ2n) is 20.7. The van der Waals surface area contributed by atoms with E-state index in [9.17, 15) is 24.6 Å². The molecule has 4 saturated carbocycles. The number of aromatic nitrogens is 1. The number of fused-ring (bicyclic) bond motifs is 7. The number of hydrogen-bond acceptors (Lipinski definition) is 8. The number of aliphatic hydroxyl groups is 1. The molecule has 9 nitrogen and oxygen atoms in total. The van der Waals surface area contributed by atoms with E-state index in [-0.39, 0.29) is 51.8 Å². The number of hydrogen-bond donors (Lipinski definition) is 3. The van der Waals surface area contributed by atoms with Crippen LogP contribution in [0.2, 0.25) is 0 Å². The van der Waals surface area contributed by atoms with E-state index in [1.807, 2.05) is 31.4 Å². The number of allylic oxidation sites excluding steroid dienone is 1. The normalized spacial score (nSPS) is 36.2. The Labute approximate surface area is 330 Å². The molecule has 0 saturated heterocycles. The summed E-state index contributed by atoms with van der Waals surface area (Å²) in [5, 5.41) is 25.5. The van der Waals surface area contributed by atoms with Crippen molar-refractivity contribution in [2.24, 2.45) is 56.2 Å². The van der Waals surface area contributed by atoms with Crippen LogP contribution in [0.3, 0.4) is 0 Å². The monoisotopic (exact) mass is 762 g/mol. The average molecular weight is 762 g/mol. The fourth-order valence-electron chi connectivity index (χ4n) is 13.6. The molecule has 5 aliphatic carbocycles. The van der Waals surface area contributed by atoms with Crippen LogP contribution < -0.4 is 5.32 Å². The van der Waals surface area contributed by atoms with Crippen LogP contribution in [-0.4, -0.2) is 76.7 Å². The van der Waals surface area contributed by atoms with Crippen LogP contribution in [0.1, 0.15) is 132 Å². The Hall–Kier alpha value is -2.62. The Balaban J connectivity index is 1.28. The predicted molar refractivity (Wildman–Crippen MR) is 215 cm³/mol. The van der Waals surface area contributed by atoms with E-state index in [1.54, 1.807) is 13.8 Å². The Bertz CT molecular complexity index is 1660. The van der Waals surface area contributed by atoms with Crippen molar-refractivity contribution in [3.05, 3.63) is 41.2 Å². The first kappa shape index (κ1) is 42.0. The third-order valence-electron chi connectivity index (χ3n) is 16.7. The van der Waals surface area contributed by atoms with Crippen LogP contribution in [0.5, 0.6) is 0 Å². The van der Waals surface area contributed by atoms with Gasteiger partial charge in [0.05, 0.1) is 23.6 Å². The maximum Gasteiger partial charge on any atom is 0.309 e. The van der Waals surface area contributed by atoms with Crippen LogP contribution >= 0.6 is 0 Å². The van der Waals surface area contributed by atoms with Crippen molar-refractivity contribution in [3.63, 3.8) is 0 Å². The highest BCUT2D eigenvalue weighted by Gasteiger charge is 2.71. The number of nitrogens with one attached hydrogen (secondary N) is 1. The van der Waals surface area contributed by atoms with Gasteiger partial charge in [-0.2, -0.15) is 0 Å². The van der Waals surface area contributed by atoms with Gasteiger partial charge in [-0.15, -0.1) is 0 Å². The number of esters is 1. The predicted octanol–water partition coefficient (Wildman–Crippen LogP) is 7.86. The molecule has 0 aliphatic heterocycles. The van der Waals surface area contributed by atoms with Gasteiger partial charge in [-0.3, -0.25) is 24.3 Å². The molecule has 1 heterocycles. The Kier molecular flexibility index (Phi) is 11.4. The maximum absolute atomic E-state index is 14.2. The SMILES string of the molecule is CNCCN(Cc1ccccn1)CC(O)C12CCC3(C)C(CCC4C5(C)CCC(OC(=O)CC(C)(C)C(=O)O)C(C)(C)C5CCC43C)C1=C(C(C)C)C(=O)C2. The van der Waals surface area contributed by atoms with Crippen LogP contribution in [-0.2, 0) is 25.7 Å². The van der Waals surface area contributed by atoms with Gasteiger partial charge in [0.25, 0.3) is 0 Å². The summed E-state index contributed by atoms with van der Waals surface area (Å²) < 4.78 is 6.19. The molecule has 1 aromatic heterocycles.